The Kier molecular flexibility index (Phi) is 4.95. The number of benzene rings is 3. The van der Waals surface area contributed by atoms with Gasteiger partial charge in [-0.05, 0) is 77.9 Å². The molecule has 7 nitrogen and oxygen atoms in total. The Bertz CT molecular complexity index is 1600. The van der Waals surface area contributed by atoms with Crippen LogP contribution in [0.3, 0.4) is 0 Å². The lowest BCUT2D eigenvalue weighted by atomic mass is 9.94. The van der Waals surface area contributed by atoms with Gasteiger partial charge in [-0.15, -0.1) is 10.2 Å². The van der Waals surface area contributed by atoms with Gasteiger partial charge in [0.05, 0.1) is 12.7 Å². The van der Waals surface area contributed by atoms with Crippen molar-refractivity contribution < 1.29 is 18.3 Å². The van der Waals surface area contributed by atoms with Gasteiger partial charge in [-0.25, -0.2) is 14.2 Å². The summed E-state index contributed by atoms with van der Waals surface area (Å²) in [4.78, 5) is 16.6. The number of hydrogen-bond acceptors (Lipinski definition) is 6. The van der Waals surface area contributed by atoms with Gasteiger partial charge < -0.3 is 13.7 Å². The lowest BCUT2D eigenvalue weighted by Gasteiger charge is -2.12. The molecular formula is C27H21FN4O3. The lowest BCUT2D eigenvalue weighted by Crippen LogP contribution is -2.00. The van der Waals surface area contributed by atoms with Gasteiger partial charge in [-0.1, -0.05) is 12.1 Å². The zero-order chi connectivity index (χ0) is 24.1. The average molecular weight is 468 g/mol. The number of esters is 1. The summed E-state index contributed by atoms with van der Waals surface area (Å²) in [5.41, 5.74) is 5.97. The van der Waals surface area contributed by atoms with Crippen LogP contribution in [0.1, 0.15) is 34.7 Å². The number of ether oxygens (including phenoxy) is 1. The van der Waals surface area contributed by atoms with Gasteiger partial charge in [-0.2, -0.15) is 0 Å². The second kappa shape index (κ2) is 8.16. The molecule has 3 aromatic carbocycles. The van der Waals surface area contributed by atoms with Crippen LogP contribution < -0.4 is 0 Å². The van der Waals surface area contributed by atoms with E-state index >= 15 is 0 Å². The van der Waals surface area contributed by atoms with Crippen LogP contribution in [-0.4, -0.2) is 32.8 Å². The van der Waals surface area contributed by atoms with E-state index in [2.05, 4.69) is 27.3 Å². The summed E-state index contributed by atoms with van der Waals surface area (Å²) in [7, 11) is 3.17. The van der Waals surface area contributed by atoms with E-state index in [1.54, 1.807) is 35.2 Å². The summed E-state index contributed by atoms with van der Waals surface area (Å²) in [6.45, 7) is 0. The van der Waals surface area contributed by atoms with Gasteiger partial charge in [-0.3, -0.25) is 0 Å². The maximum atomic E-state index is 14.3. The smallest absolute Gasteiger partial charge is 0.337 e. The number of oxazole rings is 1. The molecular weight excluding hydrogens is 447 g/mol. The van der Waals surface area contributed by atoms with Gasteiger partial charge in [0, 0.05) is 18.2 Å². The Morgan fingerprint density at radius 3 is 2.63 bits per heavy atom. The van der Waals surface area contributed by atoms with Crippen LogP contribution in [-0.2, 0) is 11.8 Å². The Balaban J connectivity index is 1.51. The average Bonchev–Trinajstić information content (AvgIpc) is 3.50. The van der Waals surface area contributed by atoms with Crippen molar-refractivity contribution in [1.29, 1.82) is 0 Å². The molecule has 0 aliphatic heterocycles. The summed E-state index contributed by atoms with van der Waals surface area (Å²) < 4.78 is 26.9. The van der Waals surface area contributed by atoms with E-state index in [4.69, 9.17) is 9.15 Å². The first-order valence-electron chi connectivity index (χ1n) is 11.3. The zero-order valence-electron chi connectivity index (χ0n) is 19.2. The highest BCUT2D eigenvalue weighted by molar-refractivity contribution is 5.93. The first-order chi connectivity index (χ1) is 17.0. The maximum Gasteiger partial charge on any atom is 0.337 e. The maximum absolute atomic E-state index is 14.3. The van der Waals surface area contributed by atoms with Gasteiger partial charge in [0.2, 0.25) is 5.89 Å². The molecule has 0 bridgehead atoms. The minimum absolute atomic E-state index is 0.342. The third kappa shape index (κ3) is 3.86. The van der Waals surface area contributed by atoms with Crippen molar-refractivity contribution in [3.05, 3.63) is 77.9 Å². The predicted molar refractivity (Wildman–Crippen MR) is 128 cm³/mol. The monoisotopic (exact) mass is 468 g/mol. The summed E-state index contributed by atoms with van der Waals surface area (Å²) in [6.07, 6.45) is 3.84. The van der Waals surface area contributed by atoms with Crippen molar-refractivity contribution in [2.45, 2.75) is 18.8 Å². The Morgan fingerprint density at radius 1 is 1.06 bits per heavy atom. The fourth-order valence-electron chi connectivity index (χ4n) is 4.36. The van der Waals surface area contributed by atoms with Crippen molar-refractivity contribution in [2.24, 2.45) is 7.05 Å². The van der Waals surface area contributed by atoms with Crippen LogP contribution in [0.25, 0.3) is 45.1 Å². The number of aromatic nitrogens is 4. The number of halogens is 1. The minimum Gasteiger partial charge on any atom is -0.465 e. The topological polar surface area (TPSA) is 83.0 Å². The van der Waals surface area contributed by atoms with Crippen LogP contribution in [0.4, 0.5) is 4.39 Å². The molecule has 6 rings (SSSR count). The summed E-state index contributed by atoms with van der Waals surface area (Å²) >= 11 is 0. The third-order valence-corrected chi connectivity index (χ3v) is 6.30. The molecule has 2 aromatic heterocycles. The first-order valence-corrected chi connectivity index (χ1v) is 11.3. The number of rotatable bonds is 5. The number of methoxy groups -OCH3 is 1. The van der Waals surface area contributed by atoms with Crippen molar-refractivity contribution in [1.82, 2.24) is 19.7 Å². The molecule has 1 fully saturated rings. The molecule has 0 unspecified atom stereocenters. The quantitative estimate of drug-likeness (QED) is 0.305. The van der Waals surface area contributed by atoms with Gasteiger partial charge in [0.1, 0.15) is 17.7 Å². The van der Waals surface area contributed by atoms with E-state index in [1.165, 1.54) is 24.8 Å². The van der Waals surface area contributed by atoms with Crippen LogP contribution >= 0.6 is 0 Å². The Hall–Kier alpha value is -4.33. The molecule has 0 atom stereocenters. The highest BCUT2D eigenvalue weighted by atomic mass is 19.1. The fraction of sp³-hybridized carbons (Fsp3) is 0.185. The molecule has 5 aromatic rings. The molecule has 1 aliphatic carbocycles. The van der Waals surface area contributed by atoms with E-state index in [0.717, 1.165) is 29.5 Å². The molecule has 0 saturated heterocycles. The largest absolute Gasteiger partial charge is 0.465 e. The normalized spacial score (nSPS) is 13.3. The Labute approximate surface area is 200 Å². The fourth-order valence-corrected chi connectivity index (χ4v) is 4.36. The Morgan fingerprint density at radius 2 is 1.89 bits per heavy atom. The molecule has 0 radical (unpaired) electrons. The van der Waals surface area contributed by atoms with Crippen molar-refractivity contribution in [3.8, 4) is 34.0 Å². The molecule has 0 spiro atoms. The lowest BCUT2D eigenvalue weighted by molar-refractivity contribution is 0.0601. The van der Waals surface area contributed by atoms with Crippen LogP contribution in [0.2, 0.25) is 0 Å². The number of carbonyl (C=O) groups is 1. The van der Waals surface area contributed by atoms with Crippen LogP contribution in [0, 0.1) is 5.82 Å². The minimum atomic E-state index is -0.429. The highest BCUT2D eigenvalue weighted by Gasteiger charge is 2.26. The number of hydrogen-bond donors (Lipinski definition) is 0. The summed E-state index contributed by atoms with van der Waals surface area (Å²) in [5, 5.41) is 8.17. The molecule has 2 heterocycles. The van der Waals surface area contributed by atoms with Crippen molar-refractivity contribution in [2.75, 3.05) is 7.11 Å². The third-order valence-electron chi connectivity index (χ3n) is 6.30. The van der Waals surface area contributed by atoms with Crippen molar-refractivity contribution >= 4 is 17.1 Å². The van der Waals surface area contributed by atoms with E-state index < -0.39 is 5.97 Å². The van der Waals surface area contributed by atoms with Gasteiger partial charge in [0.25, 0.3) is 0 Å². The molecule has 8 heteroatoms. The number of aryl methyl sites for hydroxylation is 1. The van der Waals surface area contributed by atoms with E-state index in [9.17, 15) is 9.18 Å². The number of nitrogens with zero attached hydrogens (tertiary/aromatic N) is 4. The standard InChI is InChI=1S/C27H21FN4O3/c1-32-14-29-31-25(32)22-13-20(28)6-7-21(22)18-9-17(15-3-4-15)10-19(11-18)26-30-23-12-16(27(33)34-2)5-8-24(23)35-26/h5-15H,3-4H2,1-2H3. The molecule has 35 heavy (non-hydrogen) atoms. The molecule has 1 saturated carbocycles. The first kappa shape index (κ1) is 21.2. The van der Waals surface area contributed by atoms with Gasteiger partial charge >= 0.3 is 5.97 Å². The summed E-state index contributed by atoms with van der Waals surface area (Å²) in [5.74, 6) is 0.735. The number of carbonyl (C=O) groups excluding carboxylic acids is 1. The van der Waals surface area contributed by atoms with E-state index in [-0.39, 0.29) is 5.82 Å². The molecule has 0 amide bonds. The highest BCUT2D eigenvalue weighted by Crippen LogP contribution is 2.44. The second-order valence-corrected chi connectivity index (χ2v) is 8.77. The number of fused-ring (bicyclic) bond motifs is 1. The van der Waals surface area contributed by atoms with Crippen LogP contribution in [0.15, 0.2) is 65.3 Å². The van der Waals surface area contributed by atoms with E-state index in [1.807, 2.05) is 13.1 Å². The van der Waals surface area contributed by atoms with E-state index in [0.29, 0.717) is 39.9 Å². The van der Waals surface area contributed by atoms with Crippen molar-refractivity contribution in [3.63, 3.8) is 0 Å². The molecule has 0 N–H and O–H groups in total. The van der Waals surface area contributed by atoms with Gasteiger partial charge in [0.15, 0.2) is 11.4 Å². The predicted octanol–water partition coefficient (Wildman–Crippen LogP) is 5.76. The second-order valence-electron chi connectivity index (χ2n) is 8.77. The SMILES string of the molecule is COC(=O)c1ccc2oc(-c3cc(-c4ccc(F)cc4-c4nncn4C)cc(C4CC4)c3)nc2c1. The molecule has 1 aliphatic rings. The van der Waals surface area contributed by atoms with Crippen LogP contribution in [0.5, 0.6) is 0 Å². The summed E-state index contributed by atoms with van der Waals surface area (Å²) in [6, 6.07) is 16.0. The molecule has 174 valence electrons. The zero-order valence-corrected chi connectivity index (χ0v) is 19.2.